The molecule has 2 aliphatic rings. The number of benzene rings is 3. The van der Waals surface area contributed by atoms with Crippen LogP contribution in [0.4, 0.5) is 17.1 Å². The van der Waals surface area contributed by atoms with E-state index >= 15 is 0 Å². The third-order valence-corrected chi connectivity index (χ3v) is 8.44. The number of rotatable bonds is 4. The van der Waals surface area contributed by atoms with Gasteiger partial charge in [0, 0.05) is 16.9 Å². The quantitative estimate of drug-likeness (QED) is 0.539. The molecule has 1 N–H and O–H groups in total. The number of thioether (sulfide) groups is 1. The number of para-hydroxylation sites is 1. The molecule has 184 valence electrons. The highest BCUT2D eigenvalue weighted by Gasteiger charge is 2.61. The molecule has 0 saturated carbocycles. The molecule has 3 amide bonds. The Morgan fingerprint density at radius 3 is 2.31 bits per heavy atom. The molecule has 0 aliphatic carbocycles. The molecule has 2 aliphatic heterocycles. The minimum atomic E-state index is -1.23. The molecule has 1 atom stereocenters. The second-order valence-corrected chi connectivity index (χ2v) is 10.8. The molecular formula is C29H29N3O3S. The predicted octanol–water partition coefficient (Wildman–Crippen LogP) is 5.15. The van der Waals surface area contributed by atoms with E-state index in [2.05, 4.69) is 5.32 Å². The molecule has 0 aromatic heterocycles. The van der Waals surface area contributed by atoms with Crippen molar-refractivity contribution in [1.82, 2.24) is 0 Å². The zero-order valence-corrected chi connectivity index (χ0v) is 22.0. The molecule has 36 heavy (non-hydrogen) atoms. The summed E-state index contributed by atoms with van der Waals surface area (Å²) in [5.41, 5.74) is 8.09. The Labute approximate surface area is 215 Å². The van der Waals surface area contributed by atoms with Gasteiger partial charge in [0.25, 0.3) is 5.91 Å². The number of carbonyl (C=O) groups excluding carboxylic acids is 3. The molecule has 0 radical (unpaired) electrons. The Bertz CT molecular complexity index is 1410. The predicted molar refractivity (Wildman–Crippen MR) is 146 cm³/mol. The number of carbonyl (C=O) groups is 3. The third kappa shape index (κ3) is 3.69. The molecule has 5 rings (SSSR count). The normalized spacial score (nSPS) is 18.8. The monoisotopic (exact) mass is 499 g/mol. The maximum absolute atomic E-state index is 14.2. The maximum Gasteiger partial charge on any atom is 0.269 e. The van der Waals surface area contributed by atoms with E-state index in [1.807, 2.05) is 89.2 Å². The molecule has 3 aromatic rings. The second kappa shape index (κ2) is 8.82. The van der Waals surface area contributed by atoms with E-state index in [0.717, 1.165) is 39.1 Å². The molecule has 6 nitrogen and oxygen atoms in total. The van der Waals surface area contributed by atoms with Gasteiger partial charge in [-0.2, -0.15) is 0 Å². The van der Waals surface area contributed by atoms with Crippen LogP contribution in [0, 0.1) is 34.6 Å². The number of anilines is 3. The van der Waals surface area contributed by atoms with Gasteiger partial charge in [0.1, 0.15) is 6.54 Å². The van der Waals surface area contributed by atoms with Gasteiger partial charge in [-0.1, -0.05) is 42.0 Å². The van der Waals surface area contributed by atoms with E-state index < -0.39 is 4.87 Å². The fourth-order valence-corrected chi connectivity index (χ4v) is 6.64. The molecule has 0 bridgehead atoms. The van der Waals surface area contributed by atoms with Crippen molar-refractivity contribution in [2.45, 2.75) is 39.5 Å². The summed E-state index contributed by atoms with van der Waals surface area (Å²) in [4.78, 5) is 42.5. The van der Waals surface area contributed by atoms with Gasteiger partial charge in [-0.25, -0.2) is 0 Å². The summed E-state index contributed by atoms with van der Waals surface area (Å²) in [6.45, 7) is 9.82. The first-order chi connectivity index (χ1) is 17.1. The standard InChI is InChI=1S/C29H29N3O3S/c1-17-12-20(4)27(21(5)13-17)30-25(33)15-31-24-9-7-6-8-23(24)29(28(31)35)32(26(34)16-36-29)22-11-10-18(2)19(3)14-22/h6-14H,15-16H2,1-5H3,(H,30,33)/t29-/m0/s1. The van der Waals surface area contributed by atoms with Crippen LogP contribution in [0.1, 0.15) is 33.4 Å². The van der Waals surface area contributed by atoms with E-state index in [1.54, 1.807) is 4.90 Å². The number of nitrogens with zero attached hydrogens (tertiary/aromatic N) is 2. The fourth-order valence-electron chi connectivity index (χ4n) is 5.28. The zero-order chi connectivity index (χ0) is 25.8. The SMILES string of the molecule is Cc1cc(C)c(NC(=O)CN2C(=O)[C@@]3(SCC(=O)N3c3ccc(C)c(C)c3)c3ccccc32)c(C)c1. The van der Waals surface area contributed by atoms with Crippen molar-refractivity contribution in [3.8, 4) is 0 Å². The summed E-state index contributed by atoms with van der Waals surface area (Å²) in [6, 6.07) is 17.3. The van der Waals surface area contributed by atoms with Gasteiger partial charge in [-0.3, -0.25) is 24.2 Å². The van der Waals surface area contributed by atoms with E-state index in [9.17, 15) is 14.4 Å². The molecule has 1 spiro atoms. The van der Waals surface area contributed by atoms with Gasteiger partial charge in [0.15, 0.2) is 0 Å². The van der Waals surface area contributed by atoms with Gasteiger partial charge < -0.3 is 5.32 Å². The average Bonchev–Trinajstić information content (AvgIpc) is 3.29. The van der Waals surface area contributed by atoms with E-state index in [1.165, 1.54) is 16.7 Å². The Kier molecular flexibility index (Phi) is 5.91. The van der Waals surface area contributed by atoms with Crippen LogP contribution in [0.2, 0.25) is 0 Å². The summed E-state index contributed by atoms with van der Waals surface area (Å²) in [5.74, 6) is -0.486. The Balaban J connectivity index is 1.52. The fraction of sp³-hybridized carbons (Fsp3) is 0.276. The van der Waals surface area contributed by atoms with Crippen LogP contribution in [0.15, 0.2) is 54.6 Å². The highest BCUT2D eigenvalue weighted by Crippen LogP contribution is 2.55. The lowest BCUT2D eigenvalue weighted by Gasteiger charge is -2.33. The highest BCUT2D eigenvalue weighted by atomic mass is 32.2. The number of hydrogen-bond acceptors (Lipinski definition) is 4. The number of amides is 3. The Morgan fingerprint density at radius 2 is 1.61 bits per heavy atom. The van der Waals surface area contributed by atoms with Crippen LogP contribution >= 0.6 is 11.8 Å². The summed E-state index contributed by atoms with van der Waals surface area (Å²) in [5, 5.41) is 3.01. The molecule has 0 unspecified atom stereocenters. The van der Waals surface area contributed by atoms with Crippen LogP contribution < -0.4 is 15.1 Å². The molecule has 7 heteroatoms. The van der Waals surface area contributed by atoms with E-state index in [4.69, 9.17) is 0 Å². The van der Waals surface area contributed by atoms with Crippen LogP contribution in [0.5, 0.6) is 0 Å². The van der Waals surface area contributed by atoms with Gasteiger partial charge >= 0.3 is 0 Å². The minimum absolute atomic E-state index is 0.122. The molecular weight excluding hydrogens is 470 g/mol. The number of aryl methyl sites for hydroxylation is 5. The van der Waals surface area contributed by atoms with Crippen molar-refractivity contribution < 1.29 is 14.4 Å². The zero-order valence-electron chi connectivity index (χ0n) is 21.1. The van der Waals surface area contributed by atoms with Gasteiger partial charge in [-0.05, 0) is 75.1 Å². The second-order valence-electron chi connectivity index (χ2n) is 9.66. The molecule has 2 heterocycles. The largest absolute Gasteiger partial charge is 0.324 e. The van der Waals surface area contributed by atoms with E-state index in [0.29, 0.717) is 11.4 Å². The molecule has 3 aromatic carbocycles. The lowest BCUT2D eigenvalue weighted by atomic mass is 10.0. The lowest BCUT2D eigenvalue weighted by Crippen LogP contribution is -2.51. The van der Waals surface area contributed by atoms with Gasteiger partial charge in [-0.15, -0.1) is 11.8 Å². The van der Waals surface area contributed by atoms with Gasteiger partial charge in [0.05, 0.1) is 11.4 Å². The van der Waals surface area contributed by atoms with Crippen molar-refractivity contribution in [3.63, 3.8) is 0 Å². The topological polar surface area (TPSA) is 69.7 Å². The van der Waals surface area contributed by atoms with Crippen LogP contribution in [0.3, 0.4) is 0 Å². The Hall–Kier alpha value is -3.58. The van der Waals surface area contributed by atoms with Crippen LogP contribution in [-0.2, 0) is 19.3 Å². The van der Waals surface area contributed by atoms with E-state index in [-0.39, 0.29) is 30.0 Å². The summed E-state index contributed by atoms with van der Waals surface area (Å²) in [6.07, 6.45) is 0. The lowest BCUT2D eigenvalue weighted by molar-refractivity contribution is -0.124. The minimum Gasteiger partial charge on any atom is -0.324 e. The number of nitrogens with one attached hydrogen (secondary N) is 1. The van der Waals surface area contributed by atoms with Crippen molar-refractivity contribution in [1.29, 1.82) is 0 Å². The molecule has 1 saturated heterocycles. The van der Waals surface area contributed by atoms with Crippen LogP contribution in [-0.4, -0.2) is 30.0 Å². The highest BCUT2D eigenvalue weighted by molar-refractivity contribution is 8.02. The van der Waals surface area contributed by atoms with Crippen molar-refractivity contribution in [3.05, 3.63) is 88.0 Å². The summed E-state index contributed by atoms with van der Waals surface area (Å²) in [7, 11) is 0. The maximum atomic E-state index is 14.2. The average molecular weight is 500 g/mol. The van der Waals surface area contributed by atoms with Crippen molar-refractivity contribution >= 4 is 46.5 Å². The first kappa shape index (κ1) is 24.1. The first-order valence-electron chi connectivity index (χ1n) is 12.0. The molecule has 1 fully saturated rings. The van der Waals surface area contributed by atoms with Crippen molar-refractivity contribution in [2.24, 2.45) is 0 Å². The summed E-state index contributed by atoms with van der Waals surface area (Å²) < 4.78 is 0. The number of hydrogen-bond donors (Lipinski definition) is 1. The first-order valence-corrected chi connectivity index (χ1v) is 13.0. The summed E-state index contributed by atoms with van der Waals surface area (Å²) >= 11 is 1.32. The van der Waals surface area contributed by atoms with Gasteiger partial charge in [0.2, 0.25) is 16.7 Å². The Morgan fingerprint density at radius 1 is 0.917 bits per heavy atom. The van der Waals surface area contributed by atoms with Crippen molar-refractivity contribution in [2.75, 3.05) is 27.4 Å². The smallest absolute Gasteiger partial charge is 0.269 e. The number of fused-ring (bicyclic) bond motifs is 2. The van der Waals surface area contributed by atoms with Crippen LogP contribution in [0.25, 0.3) is 0 Å². The third-order valence-electron chi connectivity index (χ3n) is 7.06.